The molecule has 4 nitrogen and oxygen atoms in total. The lowest BCUT2D eigenvalue weighted by Crippen LogP contribution is -2.38. The van der Waals surface area contributed by atoms with Gasteiger partial charge in [-0.3, -0.25) is 0 Å². The lowest BCUT2D eigenvalue weighted by molar-refractivity contribution is 0.187. The minimum absolute atomic E-state index is 0.354. The molecule has 17 heavy (non-hydrogen) atoms. The molecule has 0 bridgehead atoms. The fourth-order valence-electron chi connectivity index (χ4n) is 2.68. The molecule has 2 rings (SSSR count). The van der Waals surface area contributed by atoms with Crippen LogP contribution in [0.25, 0.3) is 0 Å². The van der Waals surface area contributed by atoms with Gasteiger partial charge in [-0.1, -0.05) is 6.42 Å². The third kappa shape index (κ3) is 4.56. The van der Waals surface area contributed by atoms with E-state index in [9.17, 15) is 8.42 Å². The fourth-order valence-corrected chi connectivity index (χ4v) is 3.99. The highest BCUT2D eigenvalue weighted by Gasteiger charge is 2.19. The molecule has 0 N–H and O–H groups in total. The second-order valence-electron chi connectivity index (χ2n) is 5.25. The summed E-state index contributed by atoms with van der Waals surface area (Å²) in [5, 5.41) is 0. The molecule has 0 aliphatic carbocycles. The van der Waals surface area contributed by atoms with Crippen LogP contribution in [0.2, 0.25) is 0 Å². The molecule has 0 aromatic heterocycles. The van der Waals surface area contributed by atoms with Crippen molar-refractivity contribution in [3.8, 4) is 0 Å². The zero-order chi connectivity index (χ0) is 12.1. The van der Waals surface area contributed by atoms with Crippen molar-refractivity contribution >= 4 is 9.84 Å². The fraction of sp³-hybridized carbons (Fsp3) is 1.00. The van der Waals surface area contributed by atoms with Crippen molar-refractivity contribution in [2.45, 2.75) is 25.7 Å². The molecule has 2 aliphatic heterocycles. The van der Waals surface area contributed by atoms with Crippen molar-refractivity contribution < 1.29 is 8.42 Å². The van der Waals surface area contributed by atoms with Gasteiger partial charge in [-0.05, 0) is 38.9 Å². The van der Waals surface area contributed by atoms with Gasteiger partial charge < -0.3 is 9.80 Å². The van der Waals surface area contributed by atoms with E-state index in [1.807, 2.05) is 0 Å². The first-order valence-electron chi connectivity index (χ1n) is 6.81. The van der Waals surface area contributed by atoms with E-state index < -0.39 is 9.84 Å². The molecule has 0 saturated carbocycles. The smallest absolute Gasteiger partial charge is 0.151 e. The maximum atomic E-state index is 11.5. The molecule has 0 aromatic carbocycles. The van der Waals surface area contributed by atoms with Crippen molar-refractivity contribution in [1.29, 1.82) is 0 Å². The van der Waals surface area contributed by atoms with E-state index in [4.69, 9.17) is 0 Å². The number of sulfone groups is 1. The molecule has 2 fully saturated rings. The van der Waals surface area contributed by atoms with Gasteiger partial charge in [-0.15, -0.1) is 0 Å². The summed E-state index contributed by atoms with van der Waals surface area (Å²) >= 11 is 0. The maximum Gasteiger partial charge on any atom is 0.151 e. The maximum absolute atomic E-state index is 11.5. The Morgan fingerprint density at radius 3 is 2.00 bits per heavy atom. The molecule has 0 aromatic rings. The Kier molecular flexibility index (Phi) is 4.82. The average Bonchev–Trinajstić information content (AvgIpc) is 2.49. The Bertz CT molecular complexity index is 323. The highest BCUT2D eigenvalue weighted by atomic mass is 32.2. The molecule has 2 aliphatic rings. The minimum atomic E-state index is -2.75. The minimum Gasteiger partial charge on any atom is -0.302 e. The average molecular weight is 260 g/mol. The van der Waals surface area contributed by atoms with Crippen LogP contribution in [-0.4, -0.2) is 69.0 Å². The SMILES string of the molecule is O=S1(=O)CCCN(CCN2CCCCC2)CC1. The highest BCUT2D eigenvalue weighted by molar-refractivity contribution is 7.91. The van der Waals surface area contributed by atoms with E-state index in [0.717, 1.165) is 32.6 Å². The van der Waals surface area contributed by atoms with Crippen molar-refractivity contribution in [3.05, 3.63) is 0 Å². The summed E-state index contributed by atoms with van der Waals surface area (Å²) in [7, 11) is -2.75. The third-order valence-corrected chi connectivity index (χ3v) is 5.54. The Balaban J connectivity index is 1.71. The highest BCUT2D eigenvalue weighted by Crippen LogP contribution is 2.09. The van der Waals surface area contributed by atoms with E-state index in [2.05, 4.69) is 9.80 Å². The van der Waals surface area contributed by atoms with Gasteiger partial charge in [0.2, 0.25) is 0 Å². The molecule has 2 heterocycles. The van der Waals surface area contributed by atoms with Crippen LogP contribution >= 0.6 is 0 Å². The Morgan fingerprint density at radius 2 is 1.29 bits per heavy atom. The molecule has 100 valence electrons. The summed E-state index contributed by atoms with van der Waals surface area (Å²) in [5.41, 5.74) is 0. The quantitative estimate of drug-likeness (QED) is 0.745. The zero-order valence-corrected chi connectivity index (χ0v) is 11.4. The molecule has 0 radical (unpaired) electrons. The Labute approximate surface area is 105 Å². The second kappa shape index (κ2) is 6.16. The number of piperidine rings is 1. The van der Waals surface area contributed by atoms with E-state index in [0.29, 0.717) is 11.5 Å². The largest absolute Gasteiger partial charge is 0.302 e. The summed E-state index contributed by atoms with van der Waals surface area (Å²) in [6, 6.07) is 0. The molecule has 0 spiro atoms. The van der Waals surface area contributed by atoms with Crippen molar-refractivity contribution in [2.75, 3.05) is 50.8 Å². The summed E-state index contributed by atoms with van der Waals surface area (Å²) in [4.78, 5) is 4.84. The zero-order valence-electron chi connectivity index (χ0n) is 10.6. The number of likely N-dealkylation sites (tertiary alicyclic amines) is 1. The summed E-state index contributed by atoms with van der Waals surface area (Å²) in [6.07, 6.45) is 4.84. The van der Waals surface area contributed by atoms with Crippen LogP contribution in [0.4, 0.5) is 0 Å². The summed E-state index contributed by atoms with van der Waals surface area (Å²) in [5.74, 6) is 0.736. The molecule has 2 saturated heterocycles. The van der Waals surface area contributed by atoms with Gasteiger partial charge in [0.1, 0.15) is 0 Å². The third-order valence-electron chi connectivity index (χ3n) is 3.83. The number of hydrogen-bond acceptors (Lipinski definition) is 4. The van der Waals surface area contributed by atoms with Gasteiger partial charge in [0, 0.05) is 19.6 Å². The molecule has 0 unspecified atom stereocenters. The van der Waals surface area contributed by atoms with Gasteiger partial charge in [-0.2, -0.15) is 0 Å². The van der Waals surface area contributed by atoms with E-state index in [1.165, 1.54) is 32.4 Å². The first-order chi connectivity index (χ1) is 8.16. The Morgan fingerprint density at radius 1 is 0.706 bits per heavy atom. The molecule has 0 amide bonds. The second-order valence-corrected chi connectivity index (χ2v) is 7.55. The Hall–Kier alpha value is -0.130. The van der Waals surface area contributed by atoms with E-state index in [1.54, 1.807) is 0 Å². The molecular weight excluding hydrogens is 236 g/mol. The van der Waals surface area contributed by atoms with Crippen LogP contribution in [0.3, 0.4) is 0 Å². The van der Waals surface area contributed by atoms with Gasteiger partial charge in [0.25, 0.3) is 0 Å². The van der Waals surface area contributed by atoms with Crippen molar-refractivity contribution in [1.82, 2.24) is 9.80 Å². The molecule has 0 atom stereocenters. The van der Waals surface area contributed by atoms with Crippen LogP contribution in [0, 0.1) is 0 Å². The van der Waals surface area contributed by atoms with Crippen LogP contribution in [0.1, 0.15) is 25.7 Å². The van der Waals surface area contributed by atoms with Crippen LogP contribution in [0.15, 0.2) is 0 Å². The number of nitrogens with zero attached hydrogens (tertiary/aromatic N) is 2. The first-order valence-corrected chi connectivity index (χ1v) is 8.63. The monoisotopic (exact) mass is 260 g/mol. The van der Waals surface area contributed by atoms with Gasteiger partial charge in [-0.25, -0.2) is 8.42 Å². The van der Waals surface area contributed by atoms with E-state index >= 15 is 0 Å². The van der Waals surface area contributed by atoms with Crippen molar-refractivity contribution in [2.24, 2.45) is 0 Å². The lowest BCUT2D eigenvalue weighted by Gasteiger charge is -2.29. The lowest BCUT2D eigenvalue weighted by atomic mass is 10.1. The van der Waals surface area contributed by atoms with Crippen molar-refractivity contribution in [3.63, 3.8) is 0 Å². The summed E-state index contributed by atoms with van der Waals surface area (Å²) < 4.78 is 23.0. The van der Waals surface area contributed by atoms with Crippen LogP contribution in [0.5, 0.6) is 0 Å². The van der Waals surface area contributed by atoms with E-state index in [-0.39, 0.29) is 0 Å². The topological polar surface area (TPSA) is 40.6 Å². The molecule has 5 heteroatoms. The molecular formula is C12H24N2O2S. The standard InChI is InChI=1S/C12H24N2O2S/c15-17(16)11-4-7-14(10-12-17)9-8-13-5-2-1-3-6-13/h1-12H2. The van der Waals surface area contributed by atoms with Gasteiger partial charge in [0.15, 0.2) is 9.84 Å². The van der Waals surface area contributed by atoms with Gasteiger partial charge >= 0.3 is 0 Å². The number of rotatable bonds is 3. The summed E-state index contributed by atoms with van der Waals surface area (Å²) in [6.45, 7) is 6.29. The van der Waals surface area contributed by atoms with Crippen LogP contribution < -0.4 is 0 Å². The normalized spacial score (nSPS) is 27.8. The van der Waals surface area contributed by atoms with Crippen LogP contribution in [-0.2, 0) is 9.84 Å². The predicted octanol–water partition coefficient (Wildman–Crippen LogP) is 0.593. The predicted molar refractivity (Wildman–Crippen MR) is 70.0 cm³/mol. The first kappa shape index (κ1) is 13.3. The number of hydrogen-bond donors (Lipinski definition) is 0. The van der Waals surface area contributed by atoms with Gasteiger partial charge in [0.05, 0.1) is 11.5 Å².